The Labute approximate surface area is 190 Å². The highest BCUT2D eigenvalue weighted by atomic mass is 16.5. The van der Waals surface area contributed by atoms with Crippen molar-refractivity contribution >= 4 is 16.7 Å². The second-order valence-electron chi connectivity index (χ2n) is 7.74. The van der Waals surface area contributed by atoms with Gasteiger partial charge in [-0.2, -0.15) is 0 Å². The summed E-state index contributed by atoms with van der Waals surface area (Å²) in [5.74, 6) is 0.740. The molecule has 0 unspecified atom stereocenters. The van der Waals surface area contributed by atoms with Gasteiger partial charge in [0.1, 0.15) is 17.2 Å². The van der Waals surface area contributed by atoms with Crippen LogP contribution in [0.3, 0.4) is 0 Å². The Morgan fingerprint density at radius 1 is 0.818 bits per heavy atom. The first-order valence-electron chi connectivity index (χ1n) is 10.6. The molecule has 5 aromatic rings. The number of benzene rings is 1. The summed E-state index contributed by atoms with van der Waals surface area (Å²) in [6.07, 6.45) is 12.9. The Morgan fingerprint density at radius 3 is 2.52 bits per heavy atom. The molecule has 4 aromatic heterocycles. The Morgan fingerprint density at radius 2 is 1.70 bits per heavy atom. The molecule has 0 spiro atoms. The number of rotatable bonds is 4. The fourth-order valence-electron chi connectivity index (χ4n) is 4.03. The van der Waals surface area contributed by atoms with E-state index in [1.54, 1.807) is 18.6 Å². The van der Waals surface area contributed by atoms with Gasteiger partial charge in [0.25, 0.3) is 0 Å². The lowest BCUT2D eigenvalue weighted by Gasteiger charge is -2.28. The van der Waals surface area contributed by atoms with Crippen LogP contribution in [0.15, 0.2) is 104 Å². The van der Waals surface area contributed by atoms with Crippen LogP contribution in [0.5, 0.6) is 0 Å². The van der Waals surface area contributed by atoms with Crippen LogP contribution in [-0.2, 0) is 0 Å². The minimum Gasteiger partial charge on any atom is -0.758 e. The van der Waals surface area contributed by atoms with Crippen LogP contribution in [0.2, 0.25) is 0 Å². The molecule has 0 bridgehead atoms. The van der Waals surface area contributed by atoms with Crippen molar-refractivity contribution in [2.75, 3.05) is 6.54 Å². The van der Waals surface area contributed by atoms with Crippen LogP contribution < -0.4 is 0 Å². The molecule has 0 saturated heterocycles. The molecule has 0 amide bonds. The molecule has 1 aromatic carbocycles. The van der Waals surface area contributed by atoms with E-state index >= 15 is 0 Å². The summed E-state index contributed by atoms with van der Waals surface area (Å²) in [5, 5.41) is 14.0. The molecule has 33 heavy (non-hydrogen) atoms. The monoisotopic (exact) mass is 431 g/mol. The highest BCUT2D eigenvalue weighted by Crippen LogP contribution is 2.29. The van der Waals surface area contributed by atoms with Gasteiger partial charge in [0.05, 0.1) is 11.4 Å². The van der Waals surface area contributed by atoms with Crippen molar-refractivity contribution in [2.45, 2.75) is 0 Å². The highest BCUT2D eigenvalue weighted by Gasteiger charge is 2.16. The first-order valence-corrected chi connectivity index (χ1v) is 10.6. The molecule has 1 aliphatic rings. The lowest BCUT2D eigenvalue weighted by molar-refractivity contribution is 0.563. The van der Waals surface area contributed by atoms with Gasteiger partial charge >= 0.3 is 0 Å². The van der Waals surface area contributed by atoms with Crippen molar-refractivity contribution < 1.29 is 0 Å². The van der Waals surface area contributed by atoms with Crippen molar-refractivity contribution in [1.82, 2.24) is 29.1 Å². The summed E-state index contributed by atoms with van der Waals surface area (Å²) >= 11 is 0. The van der Waals surface area contributed by atoms with Gasteiger partial charge in [-0.15, -0.1) is 0 Å². The average molecular weight is 431 g/mol. The van der Waals surface area contributed by atoms with E-state index in [4.69, 9.17) is 4.98 Å². The van der Waals surface area contributed by atoms with Crippen molar-refractivity contribution in [3.8, 4) is 28.5 Å². The van der Waals surface area contributed by atoms with Crippen LogP contribution in [0, 0.1) is 5.21 Å². The lowest BCUT2D eigenvalue weighted by Crippen LogP contribution is -2.13. The molecule has 1 aliphatic heterocycles. The number of aromatic nitrogens is 5. The normalized spacial score (nSPS) is 13.5. The Bertz CT molecular complexity index is 1500. The average Bonchev–Trinajstić information content (AvgIpc) is 3.50. The second kappa shape index (κ2) is 7.89. The minimum absolute atomic E-state index is 0.341. The van der Waals surface area contributed by atoms with Gasteiger partial charge < -0.3 is 14.8 Å². The predicted molar refractivity (Wildman–Crippen MR) is 129 cm³/mol. The van der Waals surface area contributed by atoms with Gasteiger partial charge in [-0.1, -0.05) is 12.1 Å². The molecule has 0 fully saturated rings. The number of hydrogen-bond acceptors (Lipinski definition) is 5. The van der Waals surface area contributed by atoms with Crippen LogP contribution in [0.1, 0.15) is 0 Å². The summed E-state index contributed by atoms with van der Waals surface area (Å²) in [4.78, 5) is 13.8. The third kappa shape index (κ3) is 3.50. The smallest absolute Gasteiger partial charge is 0.145 e. The fraction of sp³-hybridized carbons (Fsp3) is 0.0385. The molecule has 0 N–H and O–H groups in total. The van der Waals surface area contributed by atoms with Gasteiger partial charge in [0.2, 0.25) is 0 Å². The van der Waals surface area contributed by atoms with E-state index in [0.29, 0.717) is 6.54 Å². The van der Waals surface area contributed by atoms with Crippen LogP contribution >= 0.6 is 0 Å². The molecule has 5 heterocycles. The molecule has 0 saturated carbocycles. The Kier molecular flexibility index (Phi) is 4.59. The number of hydroxylamine groups is 2. The van der Waals surface area contributed by atoms with Gasteiger partial charge in [0, 0.05) is 54.2 Å². The summed E-state index contributed by atoms with van der Waals surface area (Å²) in [6, 6.07) is 19.9. The third-order valence-corrected chi connectivity index (χ3v) is 5.61. The lowest BCUT2D eigenvalue weighted by atomic mass is 10.2. The van der Waals surface area contributed by atoms with E-state index in [1.165, 1.54) is 0 Å². The first-order chi connectivity index (χ1) is 16.3. The van der Waals surface area contributed by atoms with Crippen LogP contribution in [0.25, 0.3) is 45.2 Å². The number of imidazole rings is 1. The van der Waals surface area contributed by atoms with E-state index in [2.05, 4.69) is 20.6 Å². The topological polar surface area (TPSA) is 74.8 Å². The third-order valence-electron chi connectivity index (χ3n) is 5.61. The van der Waals surface area contributed by atoms with Crippen LogP contribution in [0.4, 0.5) is 0 Å². The molecular weight excluding hydrogens is 412 g/mol. The highest BCUT2D eigenvalue weighted by molar-refractivity contribution is 5.78. The Hall–Kier alpha value is -4.49. The maximum absolute atomic E-state index is 12.0. The number of pyridine rings is 2. The van der Waals surface area contributed by atoms with Gasteiger partial charge in [-0.25, -0.2) is 9.97 Å². The molecule has 7 nitrogen and oxygen atoms in total. The Balaban J connectivity index is 1.44. The largest absolute Gasteiger partial charge is 0.758 e. The predicted octanol–water partition coefficient (Wildman–Crippen LogP) is 5.12. The van der Waals surface area contributed by atoms with Crippen molar-refractivity contribution in [2.24, 2.45) is 0 Å². The molecule has 6 rings (SSSR count). The van der Waals surface area contributed by atoms with Crippen molar-refractivity contribution in [3.63, 3.8) is 0 Å². The zero-order chi connectivity index (χ0) is 22.2. The van der Waals surface area contributed by atoms with E-state index in [9.17, 15) is 5.21 Å². The quantitative estimate of drug-likeness (QED) is 0.395. The molecular formula is C26H19N6O-. The number of hydrogen-bond donors (Lipinski definition) is 0. The van der Waals surface area contributed by atoms with Crippen LogP contribution in [-0.4, -0.2) is 35.7 Å². The molecule has 0 aliphatic carbocycles. The maximum Gasteiger partial charge on any atom is 0.145 e. The number of nitrogens with zero attached hydrogens (tertiary/aromatic N) is 6. The molecule has 7 heteroatoms. The summed E-state index contributed by atoms with van der Waals surface area (Å²) in [7, 11) is 0. The van der Waals surface area contributed by atoms with Crippen molar-refractivity contribution in [1.29, 1.82) is 0 Å². The summed E-state index contributed by atoms with van der Waals surface area (Å²) in [5.41, 5.74) is 5.13. The second-order valence-corrected chi connectivity index (χ2v) is 7.74. The van der Waals surface area contributed by atoms with Crippen molar-refractivity contribution in [3.05, 3.63) is 109 Å². The van der Waals surface area contributed by atoms with E-state index in [0.717, 1.165) is 50.3 Å². The maximum atomic E-state index is 12.0. The SMILES string of the molecule is [O-]N1C=C(n2cc(-c3ccccn3)nc2-c2ccc(-n3ccc4cccnc43)cc2)C=CC1. The van der Waals surface area contributed by atoms with Gasteiger partial charge in [-0.3, -0.25) is 9.55 Å². The van der Waals surface area contributed by atoms with Gasteiger partial charge in [-0.05, 0) is 60.7 Å². The zero-order valence-corrected chi connectivity index (χ0v) is 17.6. The molecule has 160 valence electrons. The first kappa shape index (κ1) is 19.2. The van der Waals surface area contributed by atoms with Gasteiger partial charge in [0.15, 0.2) is 0 Å². The van der Waals surface area contributed by atoms with E-state index < -0.39 is 0 Å². The standard InChI is InChI=1S/C26H19N6O/c33-30-15-4-6-22(17-30)32-18-24(23-7-1-2-13-27-23)29-26(32)20-8-10-21(11-9-20)31-16-12-19-5-3-14-28-25(19)31/h1-14,16-18H,15H2/q-1. The zero-order valence-electron chi connectivity index (χ0n) is 17.6. The number of allylic oxidation sites excluding steroid dienone is 2. The number of fused-ring (bicyclic) bond motifs is 1. The summed E-state index contributed by atoms with van der Waals surface area (Å²) in [6.45, 7) is 0.341. The fourth-order valence-corrected chi connectivity index (χ4v) is 4.03. The summed E-state index contributed by atoms with van der Waals surface area (Å²) < 4.78 is 4.00. The molecule has 0 radical (unpaired) electrons. The molecule has 0 atom stereocenters. The van der Waals surface area contributed by atoms with E-state index in [-0.39, 0.29) is 0 Å². The van der Waals surface area contributed by atoms with E-state index in [1.807, 2.05) is 83.7 Å². The minimum atomic E-state index is 0.341.